The van der Waals surface area contributed by atoms with Gasteiger partial charge in [0.15, 0.2) is 0 Å². The van der Waals surface area contributed by atoms with Crippen molar-refractivity contribution in [1.82, 2.24) is 9.97 Å². The van der Waals surface area contributed by atoms with E-state index in [1.165, 1.54) is 6.20 Å². The van der Waals surface area contributed by atoms with Crippen molar-refractivity contribution in [3.8, 4) is 0 Å². The highest BCUT2D eigenvalue weighted by molar-refractivity contribution is 6.03. The summed E-state index contributed by atoms with van der Waals surface area (Å²) in [5.74, 6) is 0.701. The smallest absolute Gasteiger partial charge is 0.258 e. The zero-order chi connectivity index (χ0) is 13.0. The summed E-state index contributed by atoms with van der Waals surface area (Å²) in [4.78, 5) is 20.2. The Morgan fingerprint density at radius 2 is 2.06 bits per heavy atom. The van der Waals surface area contributed by atoms with Crippen molar-refractivity contribution < 1.29 is 4.79 Å². The Bertz CT molecular complexity index is 538. The third kappa shape index (κ3) is 2.91. The topological polar surface area (TPSA) is 54.9 Å². The van der Waals surface area contributed by atoms with Crippen LogP contribution in [0.2, 0.25) is 0 Å². The Kier molecular flexibility index (Phi) is 3.67. The van der Waals surface area contributed by atoms with Gasteiger partial charge in [-0.25, -0.2) is 4.98 Å². The number of carbonyl (C=O) groups excluding carboxylic acids is 1. The van der Waals surface area contributed by atoms with Gasteiger partial charge in [-0.3, -0.25) is 9.78 Å². The van der Waals surface area contributed by atoms with Gasteiger partial charge < -0.3 is 5.32 Å². The Morgan fingerprint density at radius 1 is 1.22 bits per heavy atom. The van der Waals surface area contributed by atoms with E-state index in [2.05, 4.69) is 29.1 Å². The van der Waals surface area contributed by atoms with Crippen molar-refractivity contribution in [3.05, 3.63) is 54.0 Å². The molecule has 1 amide bonds. The second-order valence-corrected chi connectivity index (χ2v) is 4.30. The fourth-order valence-electron chi connectivity index (χ4n) is 1.53. The number of nitrogens with one attached hydrogen (secondary N) is 1. The number of hydrogen-bond acceptors (Lipinski definition) is 3. The van der Waals surface area contributed by atoms with Crippen LogP contribution in [0.3, 0.4) is 0 Å². The van der Waals surface area contributed by atoms with E-state index in [0.29, 0.717) is 17.3 Å². The lowest BCUT2D eigenvalue weighted by molar-refractivity contribution is 0.102. The number of carbonyl (C=O) groups is 1. The second-order valence-electron chi connectivity index (χ2n) is 4.30. The maximum Gasteiger partial charge on any atom is 0.258 e. The lowest BCUT2D eigenvalue weighted by atomic mass is 10.1. The van der Waals surface area contributed by atoms with Gasteiger partial charge in [0.2, 0.25) is 0 Å². The molecule has 0 aliphatic rings. The predicted octanol–water partition coefficient (Wildman–Crippen LogP) is 2.85. The molecule has 0 aliphatic heterocycles. The van der Waals surface area contributed by atoms with Gasteiger partial charge in [0.1, 0.15) is 5.82 Å². The van der Waals surface area contributed by atoms with Crippen LogP contribution in [-0.2, 0) is 0 Å². The molecule has 4 nitrogen and oxygen atoms in total. The van der Waals surface area contributed by atoms with Gasteiger partial charge in [0, 0.05) is 18.1 Å². The molecule has 0 saturated carbocycles. The van der Waals surface area contributed by atoms with Crippen LogP contribution >= 0.6 is 0 Å². The van der Waals surface area contributed by atoms with E-state index >= 15 is 0 Å². The molecule has 4 heteroatoms. The SMILES string of the molecule is CC(C)c1cccc(NC(=O)c2cccnc2)n1. The third-order valence-electron chi connectivity index (χ3n) is 2.53. The standard InChI is InChI=1S/C14H15N3O/c1-10(2)12-6-3-7-13(16-12)17-14(18)11-5-4-8-15-9-11/h3-10H,1-2H3,(H,16,17,18). The van der Waals surface area contributed by atoms with Gasteiger partial charge in [-0.1, -0.05) is 19.9 Å². The van der Waals surface area contributed by atoms with Crippen LogP contribution in [-0.4, -0.2) is 15.9 Å². The largest absolute Gasteiger partial charge is 0.307 e. The number of amides is 1. The molecule has 0 spiro atoms. The molecule has 2 aromatic heterocycles. The zero-order valence-electron chi connectivity index (χ0n) is 10.4. The summed E-state index contributed by atoms with van der Waals surface area (Å²) >= 11 is 0. The minimum absolute atomic E-state index is 0.198. The molecule has 0 atom stereocenters. The predicted molar refractivity (Wildman–Crippen MR) is 70.5 cm³/mol. The van der Waals surface area contributed by atoms with E-state index in [9.17, 15) is 4.79 Å². The quantitative estimate of drug-likeness (QED) is 0.899. The Labute approximate surface area is 106 Å². The molecular formula is C14H15N3O. The molecule has 2 heterocycles. The molecule has 0 aromatic carbocycles. The van der Waals surface area contributed by atoms with E-state index in [1.54, 1.807) is 24.4 Å². The molecule has 0 saturated heterocycles. The molecule has 2 rings (SSSR count). The Hall–Kier alpha value is -2.23. The maximum atomic E-state index is 11.9. The molecule has 0 fully saturated rings. The highest BCUT2D eigenvalue weighted by atomic mass is 16.1. The minimum Gasteiger partial charge on any atom is -0.307 e. The minimum atomic E-state index is -0.198. The van der Waals surface area contributed by atoms with Crippen molar-refractivity contribution in [2.24, 2.45) is 0 Å². The molecule has 0 radical (unpaired) electrons. The Morgan fingerprint density at radius 3 is 2.72 bits per heavy atom. The first-order valence-electron chi connectivity index (χ1n) is 5.85. The molecule has 2 aromatic rings. The highest BCUT2D eigenvalue weighted by Crippen LogP contribution is 2.14. The van der Waals surface area contributed by atoms with Gasteiger partial charge in [0.25, 0.3) is 5.91 Å². The molecule has 0 aliphatic carbocycles. The maximum absolute atomic E-state index is 11.9. The number of nitrogens with zero attached hydrogens (tertiary/aromatic N) is 2. The number of hydrogen-bond donors (Lipinski definition) is 1. The zero-order valence-corrected chi connectivity index (χ0v) is 10.4. The van der Waals surface area contributed by atoms with Crippen LogP contribution in [0.1, 0.15) is 35.8 Å². The van der Waals surface area contributed by atoms with Crippen molar-refractivity contribution in [2.75, 3.05) is 5.32 Å². The van der Waals surface area contributed by atoms with Crippen LogP contribution in [0.15, 0.2) is 42.7 Å². The van der Waals surface area contributed by atoms with Crippen LogP contribution in [0.5, 0.6) is 0 Å². The van der Waals surface area contributed by atoms with Crippen LogP contribution in [0.4, 0.5) is 5.82 Å². The van der Waals surface area contributed by atoms with Crippen molar-refractivity contribution >= 4 is 11.7 Å². The Balaban J connectivity index is 2.15. The van der Waals surface area contributed by atoms with E-state index in [-0.39, 0.29) is 5.91 Å². The van der Waals surface area contributed by atoms with Gasteiger partial charge in [-0.2, -0.15) is 0 Å². The van der Waals surface area contributed by atoms with Gasteiger partial charge in [-0.05, 0) is 30.2 Å². The normalized spacial score (nSPS) is 10.4. The number of aromatic nitrogens is 2. The molecule has 0 bridgehead atoms. The van der Waals surface area contributed by atoms with Crippen molar-refractivity contribution in [3.63, 3.8) is 0 Å². The van der Waals surface area contributed by atoms with E-state index in [0.717, 1.165) is 5.69 Å². The van der Waals surface area contributed by atoms with Crippen LogP contribution in [0, 0.1) is 0 Å². The molecule has 1 N–H and O–H groups in total. The first-order valence-corrected chi connectivity index (χ1v) is 5.85. The molecule has 0 unspecified atom stereocenters. The summed E-state index contributed by atoms with van der Waals surface area (Å²) in [6.45, 7) is 4.13. The summed E-state index contributed by atoms with van der Waals surface area (Å²) in [6.07, 6.45) is 3.16. The first-order chi connectivity index (χ1) is 8.66. The number of rotatable bonds is 3. The first kappa shape index (κ1) is 12.2. The summed E-state index contributed by atoms with van der Waals surface area (Å²) in [5.41, 5.74) is 1.48. The van der Waals surface area contributed by atoms with Gasteiger partial charge in [0.05, 0.1) is 5.56 Å². The summed E-state index contributed by atoms with van der Waals surface area (Å²) in [5, 5.41) is 2.76. The van der Waals surface area contributed by atoms with Gasteiger partial charge in [-0.15, -0.1) is 0 Å². The van der Waals surface area contributed by atoms with E-state index < -0.39 is 0 Å². The molecule has 18 heavy (non-hydrogen) atoms. The molecular weight excluding hydrogens is 226 g/mol. The highest BCUT2D eigenvalue weighted by Gasteiger charge is 2.07. The van der Waals surface area contributed by atoms with Gasteiger partial charge >= 0.3 is 0 Å². The summed E-state index contributed by atoms with van der Waals surface area (Å²) in [6, 6.07) is 9.06. The fourth-order valence-corrected chi connectivity index (χ4v) is 1.53. The number of anilines is 1. The number of pyridine rings is 2. The van der Waals surface area contributed by atoms with E-state index in [1.807, 2.05) is 12.1 Å². The monoisotopic (exact) mass is 241 g/mol. The van der Waals surface area contributed by atoms with Crippen LogP contribution in [0.25, 0.3) is 0 Å². The lowest BCUT2D eigenvalue weighted by Gasteiger charge is -2.08. The van der Waals surface area contributed by atoms with Crippen LogP contribution < -0.4 is 5.32 Å². The summed E-state index contributed by atoms with van der Waals surface area (Å²) in [7, 11) is 0. The summed E-state index contributed by atoms with van der Waals surface area (Å²) < 4.78 is 0. The lowest BCUT2D eigenvalue weighted by Crippen LogP contribution is -2.13. The third-order valence-corrected chi connectivity index (χ3v) is 2.53. The second kappa shape index (κ2) is 5.40. The van der Waals surface area contributed by atoms with Crippen molar-refractivity contribution in [1.29, 1.82) is 0 Å². The van der Waals surface area contributed by atoms with Crippen molar-refractivity contribution in [2.45, 2.75) is 19.8 Å². The van der Waals surface area contributed by atoms with E-state index in [4.69, 9.17) is 0 Å². The fraction of sp³-hybridized carbons (Fsp3) is 0.214. The molecule has 92 valence electrons. The average molecular weight is 241 g/mol. The average Bonchev–Trinajstić information content (AvgIpc) is 2.40.